The molecule has 6 heteroatoms. The Labute approximate surface area is 158 Å². The van der Waals surface area contributed by atoms with E-state index < -0.39 is 11.7 Å². The van der Waals surface area contributed by atoms with Crippen LogP contribution in [-0.4, -0.2) is 5.91 Å². The molecule has 0 aliphatic rings. The van der Waals surface area contributed by atoms with Gasteiger partial charge in [-0.2, -0.15) is 13.2 Å². The molecule has 0 aromatic heterocycles. The molecule has 0 saturated carbocycles. The first-order chi connectivity index (χ1) is 12.9. The van der Waals surface area contributed by atoms with Gasteiger partial charge in [-0.1, -0.05) is 38.3 Å². The highest BCUT2D eigenvalue weighted by atomic mass is 19.4. The minimum atomic E-state index is -4.32. The fourth-order valence-electron chi connectivity index (χ4n) is 2.62. The van der Waals surface area contributed by atoms with Crippen LogP contribution < -0.4 is 10.6 Å². The van der Waals surface area contributed by atoms with E-state index in [0.29, 0.717) is 13.0 Å². The molecule has 2 aromatic rings. The first kappa shape index (κ1) is 20.8. The molecule has 146 valence electrons. The fourth-order valence-corrected chi connectivity index (χ4v) is 2.62. The topological polar surface area (TPSA) is 41.1 Å². The standard InChI is InChI=1S/C21H25F3N2O/c1-2-3-4-5-6-20(27)26-19-13-11-18(12-14-19)25-15-16-7-9-17(10-8-16)21(22,23)24/h7-14,25H,2-6,15H2,1H3,(H,26,27). The van der Waals surface area contributed by atoms with Crippen LogP contribution in [0, 0.1) is 0 Å². The highest BCUT2D eigenvalue weighted by Crippen LogP contribution is 2.29. The molecule has 0 unspecified atom stereocenters. The Morgan fingerprint density at radius 2 is 1.52 bits per heavy atom. The maximum absolute atomic E-state index is 12.6. The highest BCUT2D eigenvalue weighted by Gasteiger charge is 2.29. The Bertz CT molecular complexity index is 710. The van der Waals surface area contributed by atoms with Crippen molar-refractivity contribution in [2.24, 2.45) is 0 Å². The van der Waals surface area contributed by atoms with E-state index in [0.717, 1.165) is 54.8 Å². The number of rotatable bonds is 9. The summed E-state index contributed by atoms with van der Waals surface area (Å²) in [4.78, 5) is 11.9. The van der Waals surface area contributed by atoms with Gasteiger partial charge in [-0.15, -0.1) is 0 Å². The summed E-state index contributed by atoms with van der Waals surface area (Å²) < 4.78 is 37.7. The molecule has 1 amide bonds. The minimum absolute atomic E-state index is 0.0107. The molecule has 3 nitrogen and oxygen atoms in total. The molecule has 0 aliphatic heterocycles. The molecule has 2 rings (SSSR count). The third-order valence-electron chi connectivity index (χ3n) is 4.20. The van der Waals surface area contributed by atoms with Crippen LogP contribution in [0.4, 0.5) is 24.5 Å². The van der Waals surface area contributed by atoms with E-state index in [2.05, 4.69) is 17.6 Å². The molecule has 0 fully saturated rings. The van der Waals surface area contributed by atoms with Crippen molar-refractivity contribution in [1.82, 2.24) is 0 Å². The third kappa shape index (κ3) is 7.33. The van der Waals surface area contributed by atoms with Crippen molar-refractivity contribution in [2.45, 2.75) is 51.7 Å². The summed E-state index contributed by atoms with van der Waals surface area (Å²) in [5, 5.41) is 6.02. The molecular formula is C21H25F3N2O. The number of halogens is 3. The zero-order chi connectivity index (χ0) is 19.7. The second kappa shape index (κ2) is 10.00. The number of nitrogens with one attached hydrogen (secondary N) is 2. The van der Waals surface area contributed by atoms with Crippen LogP contribution in [-0.2, 0) is 17.5 Å². The zero-order valence-electron chi connectivity index (χ0n) is 15.4. The largest absolute Gasteiger partial charge is 0.416 e. The maximum Gasteiger partial charge on any atom is 0.416 e. The van der Waals surface area contributed by atoms with Gasteiger partial charge in [0, 0.05) is 24.3 Å². The van der Waals surface area contributed by atoms with Crippen LogP contribution >= 0.6 is 0 Å². The van der Waals surface area contributed by atoms with Gasteiger partial charge in [0.15, 0.2) is 0 Å². The summed E-state index contributed by atoms with van der Waals surface area (Å²) >= 11 is 0. The van der Waals surface area contributed by atoms with Crippen LogP contribution in [0.1, 0.15) is 50.2 Å². The van der Waals surface area contributed by atoms with E-state index in [1.165, 1.54) is 12.1 Å². The number of alkyl halides is 3. The average Bonchev–Trinajstić information content (AvgIpc) is 2.64. The quantitative estimate of drug-likeness (QED) is 0.508. The van der Waals surface area contributed by atoms with Crippen molar-refractivity contribution in [3.05, 3.63) is 59.7 Å². The lowest BCUT2D eigenvalue weighted by Crippen LogP contribution is -2.11. The van der Waals surface area contributed by atoms with Crippen molar-refractivity contribution in [2.75, 3.05) is 10.6 Å². The van der Waals surface area contributed by atoms with Gasteiger partial charge in [-0.25, -0.2) is 0 Å². The Morgan fingerprint density at radius 1 is 0.889 bits per heavy atom. The molecular weight excluding hydrogens is 353 g/mol. The van der Waals surface area contributed by atoms with Crippen LogP contribution in [0.15, 0.2) is 48.5 Å². The Morgan fingerprint density at radius 3 is 2.11 bits per heavy atom. The number of carbonyl (C=O) groups excluding carboxylic acids is 1. The second-order valence-electron chi connectivity index (χ2n) is 6.48. The first-order valence-corrected chi connectivity index (χ1v) is 9.18. The lowest BCUT2D eigenvalue weighted by atomic mass is 10.1. The first-order valence-electron chi connectivity index (χ1n) is 9.18. The number of carbonyl (C=O) groups is 1. The van der Waals surface area contributed by atoms with Crippen molar-refractivity contribution in [3.8, 4) is 0 Å². The lowest BCUT2D eigenvalue weighted by molar-refractivity contribution is -0.137. The lowest BCUT2D eigenvalue weighted by Gasteiger charge is -2.10. The highest BCUT2D eigenvalue weighted by molar-refractivity contribution is 5.90. The van der Waals surface area contributed by atoms with Gasteiger partial charge in [0.1, 0.15) is 0 Å². The molecule has 0 spiro atoms. The normalized spacial score (nSPS) is 11.3. The summed E-state index contributed by atoms with van der Waals surface area (Å²) in [6.07, 6.45) is 0.453. The Hall–Kier alpha value is -2.50. The third-order valence-corrected chi connectivity index (χ3v) is 4.20. The SMILES string of the molecule is CCCCCCC(=O)Nc1ccc(NCc2ccc(C(F)(F)F)cc2)cc1. The van der Waals surface area contributed by atoms with E-state index in [9.17, 15) is 18.0 Å². The van der Waals surface area contributed by atoms with Crippen molar-refractivity contribution >= 4 is 17.3 Å². The molecule has 0 aliphatic carbocycles. The fraction of sp³-hybridized carbons (Fsp3) is 0.381. The summed E-state index contributed by atoms with van der Waals surface area (Å²) in [6.45, 7) is 2.55. The predicted octanol–water partition coefficient (Wildman–Crippen LogP) is 6.23. The van der Waals surface area contributed by atoms with Gasteiger partial charge >= 0.3 is 6.18 Å². The summed E-state index contributed by atoms with van der Waals surface area (Å²) in [6, 6.07) is 12.4. The van der Waals surface area contributed by atoms with Gasteiger partial charge in [0.05, 0.1) is 5.56 Å². The number of unbranched alkanes of at least 4 members (excludes halogenated alkanes) is 3. The molecule has 0 heterocycles. The van der Waals surface area contributed by atoms with E-state index in [-0.39, 0.29) is 5.91 Å². The number of hydrogen-bond acceptors (Lipinski definition) is 2. The van der Waals surface area contributed by atoms with Crippen molar-refractivity contribution < 1.29 is 18.0 Å². The van der Waals surface area contributed by atoms with Crippen molar-refractivity contribution in [3.63, 3.8) is 0 Å². The van der Waals surface area contributed by atoms with E-state index in [1.807, 2.05) is 12.1 Å². The zero-order valence-corrected chi connectivity index (χ0v) is 15.4. The Balaban J connectivity index is 1.79. The molecule has 2 N–H and O–H groups in total. The van der Waals surface area contributed by atoms with Gasteiger partial charge in [-0.05, 0) is 48.4 Å². The minimum Gasteiger partial charge on any atom is -0.381 e. The number of amides is 1. The van der Waals surface area contributed by atoms with E-state index >= 15 is 0 Å². The molecule has 27 heavy (non-hydrogen) atoms. The van der Waals surface area contributed by atoms with Gasteiger partial charge in [-0.3, -0.25) is 4.79 Å². The number of benzene rings is 2. The van der Waals surface area contributed by atoms with Crippen LogP contribution in [0.3, 0.4) is 0 Å². The molecule has 0 saturated heterocycles. The smallest absolute Gasteiger partial charge is 0.381 e. The maximum atomic E-state index is 12.6. The molecule has 0 atom stereocenters. The van der Waals surface area contributed by atoms with Crippen molar-refractivity contribution in [1.29, 1.82) is 0 Å². The van der Waals surface area contributed by atoms with E-state index in [4.69, 9.17) is 0 Å². The van der Waals surface area contributed by atoms with Crippen LogP contribution in [0.2, 0.25) is 0 Å². The second-order valence-corrected chi connectivity index (χ2v) is 6.48. The number of hydrogen-bond donors (Lipinski definition) is 2. The van der Waals surface area contributed by atoms with Crippen LogP contribution in [0.5, 0.6) is 0 Å². The Kier molecular flexibility index (Phi) is 7.70. The number of anilines is 2. The summed E-state index contributed by atoms with van der Waals surface area (Å²) in [5.74, 6) is 0.0107. The average molecular weight is 378 g/mol. The van der Waals surface area contributed by atoms with Gasteiger partial charge < -0.3 is 10.6 Å². The van der Waals surface area contributed by atoms with Gasteiger partial charge in [0.2, 0.25) is 5.91 Å². The molecule has 0 bridgehead atoms. The molecule has 2 aromatic carbocycles. The van der Waals surface area contributed by atoms with Crippen LogP contribution in [0.25, 0.3) is 0 Å². The summed E-state index contributed by atoms with van der Waals surface area (Å²) in [7, 11) is 0. The van der Waals surface area contributed by atoms with E-state index in [1.54, 1.807) is 12.1 Å². The summed E-state index contributed by atoms with van der Waals surface area (Å²) in [5.41, 5.74) is 1.67. The monoisotopic (exact) mass is 378 g/mol. The molecule has 0 radical (unpaired) electrons. The predicted molar refractivity (Wildman–Crippen MR) is 103 cm³/mol. The van der Waals surface area contributed by atoms with Gasteiger partial charge in [0.25, 0.3) is 0 Å².